The van der Waals surface area contributed by atoms with Crippen LogP contribution in [0.3, 0.4) is 0 Å². The molecule has 0 atom stereocenters. The molecule has 0 saturated carbocycles. The minimum atomic E-state index is 0.927. The van der Waals surface area contributed by atoms with Crippen molar-refractivity contribution in [3.8, 4) is 0 Å². The zero-order chi connectivity index (χ0) is 12.7. The molecule has 0 N–H and O–H groups in total. The van der Waals surface area contributed by atoms with Gasteiger partial charge in [-0.3, -0.25) is 4.99 Å². The zero-order valence-corrected chi connectivity index (χ0v) is 11.8. The number of likely N-dealkylation sites (N-methyl/N-ethyl adjacent to an activating group) is 1. The molecule has 0 aromatic heterocycles. The van der Waals surface area contributed by atoms with Crippen LogP contribution in [-0.4, -0.2) is 30.9 Å². The first-order valence-electron chi connectivity index (χ1n) is 6.28. The van der Waals surface area contributed by atoms with E-state index in [0.29, 0.717) is 0 Å². The summed E-state index contributed by atoms with van der Waals surface area (Å²) in [6, 6.07) is 0. The van der Waals surface area contributed by atoms with E-state index in [2.05, 4.69) is 51.6 Å². The number of aliphatic imine (C=N–C) groups is 1. The Morgan fingerprint density at radius 2 is 1.29 bits per heavy atom. The number of rotatable bonds is 1. The fourth-order valence-electron chi connectivity index (χ4n) is 2.64. The first kappa shape index (κ1) is 12.2. The van der Waals surface area contributed by atoms with Gasteiger partial charge in [0.05, 0.1) is 6.54 Å². The monoisotopic (exact) mass is 230 g/mol. The van der Waals surface area contributed by atoms with Crippen molar-refractivity contribution in [1.29, 1.82) is 0 Å². The third-order valence-corrected chi connectivity index (χ3v) is 4.28. The van der Waals surface area contributed by atoms with Crippen LogP contribution in [0.5, 0.6) is 0 Å². The van der Waals surface area contributed by atoms with Gasteiger partial charge in [0.2, 0.25) is 0 Å². The predicted molar refractivity (Wildman–Crippen MR) is 74.2 cm³/mol. The van der Waals surface area contributed by atoms with Crippen LogP contribution in [0.15, 0.2) is 4.99 Å². The van der Waals surface area contributed by atoms with E-state index < -0.39 is 0 Å². The molecule has 0 fully saturated rings. The van der Waals surface area contributed by atoms with Crippen LogP contribution in [-0.2, 0) is 0 Å². The van der Waals surface area contributed by atoms with Gasteiger partial charge in [-0.1, -0.05) is 0 Å². The quantitative estimate of drug-likeness (QED) is 0.724. The lowest BCUT2D eigenvalue weighted by Crippen LogP contribution is -2.25. The summed E-state index contributed by atoms with van der Waals surface area (Å²) in [7, 11) is 2.13. The highest BCUT2D eigenvalue weighted by atomic mass is 15.2. The molecule has 2 nitrogen and oxygen atoms in total. The van der Waals surface area contributed by atoms with Crippen LogP contribution in [0.2, 0.25) is 0 Å². The smallest absolute Gasteiger partial charge is 0.131 e. The average molecular weight is 230 g/mol. The Hall–Kier alpha value is -1.31. The molecule has 0 spiro atoms. The van der Waals surface area contributed by atoms with Crippen molar-refractivity contribution < 1.29 is 0 Å². The maximum absolute atomic E-state index is 4.66. The van der Waals surface area contributed by atoms with Crippen LogP contribution in [0, 0.1) is 34.6 Å². The van der Waals surface area contributed by atoms with Crippen molar-refractivity contribution in [2.45, 2.75) is 34.6 Å². The van der Waals surface area contributed by atoms with Gasteiger partial charge in [-0.25, -0.2) is 0 Å². The molecule has 0 amide bonds. The fraction of sp³-hybridized carbons (Fsp3) is 0.533. The van der Waals surface area contributed by atoms with Crippen LogP contribution in [0.25, 0.3) is 0 Å². The number of benzene rings is 1. The summed E-state index contributed by atoms with van der Waals surface area (Å²) < 4.78 is 0. The molecule has 92 valence electrons. The fourth-order valence-corrected chi connectivity index (χ4v) is 2.64. The number of hydrogen-bond donors (Lipinski definition) is 0. The number of amidine groups is 1. The molecule has 17 heavy (non-hydrogen) atoms. The Balaban J connectivity index is 2.70. The summed E-state index contributed by atoms with van der Waals surface area (Å²) in [5, 5.41) is 0. The maximum Gasteiger partial charge on any atom is 0.131 e. The van der Waals surface area contributed by atoms with Crippen molar-refractivity contribution in [3.63, 3.8) is 0 Å². The summed E-state index contributed by atoms with van der Waals surface area (Å²) in [5.74, 6) is 1.17. The van der Waals surface area contributed by atoms with E-state index in [0.717, 1.165) is 13.1 Å². The molecule has 1 heterocycles. The van der Waals surface area contributed by atoms with E-state index in [9.17, 15) is 0 Å². The molecule has 2 rings (SSSR count). The third-order valence-electron chi connectivity index (χ3n) is 4.28. The standard InChI is InChI=1S/C15H22N2/c1-9-10(2)12(4)14(13(5)11(9)3)15-16-7-8-17(15)6/h7-8H2,1-6H3. The Morgan fingerprint density at radius 1 is 0.824 bits per heavy atom. The van der Waals surface area contributed by atoms with Gasteiger partial charge in [-0.05, 0) is 62.4 Å². The van der Waals surface area contributed by atoms with E-state index in [4.69, 9.17) is 0 Å². The van der Waals surface area contributed by atoms with E-state index >= 15 is 0 Å². The lowest BCUT2D eigenvalue weighted by atomic mass is 9.89. The molecule has 0 aliphatic carbocycles. The summed E-state index contributed by atoms with van der Waals surface area (Å²) in [5.41, 5.74) is 8.36. The Morgan fingerprint density at radius 3 is 1.71 bits per heavy atom. The Kier molecular flexibility index (Phi) is 2.98. The second kappa shape index (κ2) is 4.17. The van der Waals surface area contributed by atoms with Crippen molar-refractivity contribution in [2.75, 3.05) is 20.1 Å². The van der Waals surface area contributed by atoms with Crippen molar-refractivity contribution >= 4 is 5.84 Å². The van der Waals surface area contributed by atoms with Gasteiger partial charge in [0.15, 0.2) is 0 Å². The highest BCUT2D eigenvalue weighted by molar-refractivity contribution is 6.02. The molecule has 1 aliphatic rings. The van der Waals surface area contributed by atoms with Gasteiger partial charge in [0.25, 0.3) is 0 Å². The van der Waals surface area contributed by atoms with Crippen molar-refractivity contribution in [1.82, 2.24) is 4.90 Å². The molecule has 0 unspecified atom stereocenters. The van der Waals surface area contributed by atoms with E-state index in [1.165, 1.54) is 39.2 Å². The lowest BCUT2D eigenvalue weighted by Gasteiger charge is -2.22. The van der Waals surface area contributed by atoms with Gasteiger partial charge >= 0.3 is 0 Å². The second-order valence-corrected chi connectivity index (χ2v) is 5.13. The molecule has 0 radical (unpaired) electrons. The molecular weight excluding hydrogens is 208 g/mol. The molecule has 0 bridgehead atoms. The van der Waals surface area contributed by atoms with Gasteiger partial charge < -0.3 is 4.90 Å². The molecule has 2 heteroatoms. The summed E-state index contributed by atoms with van der Waals surface area (Å²) in [6.07, 6.45) is 0. The molecule has 1 aromatic carbocycles. The molecular formula is C15H22N2. The second-order valence-electron chi connectivity index (χ2n) is 5.13. The van der Waals surface area contributed by atoms with Gasteiger partial charge in [0, 0.05) is 19.2 Å². The minimum Gasteiger partial charge on any atom is -0.358 e. The molecule has 1 aliphatic heterocycles. The first-order valence-corrected chi connectivity index (χ1v) is 6.28. The van der Waals surface area contributed by atoms with Gasteiger partial charge in [-0.15, -0.1) is 0 Å². The van der Waals surface area contributed by atoms with Gasteiger partial charge in [0.1, 0.15) is 5.84 Å². The van der Waals surface area contributed by atoms with E-state index in [-0.39, 0.29) is 0 Å². The normalized spacial score (nSPS) is 15.4. The predicted octanol–water partition coefficient (Wildman–Crippen LogP) is 2.92. The highest BCUT2D eigenvalue weighted by Gasteiger charge is 2.21. The number of hydrogen-bond acceptors (Lipinski definition) is 2. The molecule has 0 saturated heterocycles. The molecule has 1 aromatic rings. The zero-order valence-electron chi connectivity index (χ0n) is 11.8. The van der Waals surface area contributed by atoms with Crippen LogP contribution in [0.1, 0.15) is 33.4 Å². The van der Waals surface area contributed by atoms with Crippen molar-refractivity contribution in [3.05, 3.63) is 33.4 Å². The van der Waals surface area contributed by atoms with E-state index in [1.807, 2.05) is 0 Å². The number of nitrogens with zero attached hydrogens (tertiary/aromatic N) is 2. The van der Waals surface area contributed by atoms with Crippen molar-refractivity contribution in [2.24, 2.45) is 4.99 Å². The SMILES string of the molecule is Cc1c(C)c(C)c(C2=NCCN2C)c(C)c1C. The maximum atomic E-state index is 4.66. The Bertz CT molecular complexity index is 469. The largest absolute Gasteiger partial charge is 0.358 e. The Labute approximate surface area is 104 Å². The summed E-state index contributed by atoms with van der Waals surface area (Å²) in [6.45, 7) is 13.1. The summed E-state index contributed by atoms with van der Waals surface area (Å²) in [4.78, 5) is 6.93. The third kappa shape index (κ3) is 1.76. The van der Waals surface area contributed by atoms with Crippen LogP contribution >= 0.6 is 0 Å². The highest BCUT2D eigenvalue weighted by Crippen LogP contribution is 2.28. The first-order chi connectivity index (χ1) is 7.95. The summed E-state index contributed by atoms with van der Waals surface area (Å²) >= 11 is 0. The minimum absolute atomic E-state index is 0.927. The average Bonchev–Trinajstić information content (AvgIpc) is 2.71. The lowest BCUT2D eigenvalue weighted by molar-refractivity contribution is 0.556. The van der Waals surface area contributed by atoms with Gasteiger partial charge in [-0.2, -0.15) is 0 Å². The van der Waals surface area contributed by atoms with Crippen LogP contribution in [0.4, 0.5) is 0 Å². The van der Waals surface area contributed by atoms with Crippen LogP contribution < -0.4 is 0 Å². The van der Waals surface area contributed by atoms with E-state index in [1.54, 1.807) is 0 Å². The topological polar surface area (TPSA) is 15.6 Å².